The molecular weight excluding hydrogens is 365 g/mol. The average Bonchev–Trinajstić information content (AvgIpc) is 3.00. The number of hydrogen-bond acceptors (Lipinski definition) is 6. The van der Waals surface area contributed by atoms with Gasteiger partial charge in [-0.05, 0) is 31.5 Å². The molecule has 3 aromatic rings. The Hall–Kier alpha value is -3.07. The third-order valence-electron chi connectivity index (χ3n) is 4.91. The van der Waals surface area contributed by atoms with Gasteiger partial charge in [0.2, 0.25) is 5.75 Å². The number of nitrogens with zero attached hydrogens (tertiary/aromatic N) is 5. The summed E-state index contributed by atoms with van der Waals surface area (Å²) >= 11 is 0. The molecule has 0 atom stereocenters. The van der Waals surface area contributed by atoms with E-state index < -0.39 is 16.9 Å². The number of halogens is 1. The normalized spacial score (nSPS) is 15.4. The maximum atomic E-state index is 13.1. The van der Waals surface area contributed by atoms with Gasteiger partial charge in [0.05, 0.1) is 13.2 Å². The van der Waals surface area contributed by atoms with Crippen molar-refractivity contribution in [3.05, 3.63) is 57.6 Å². The molecule has 0 saturated heterocycles. The highest BCUT2D eigenvalue weighted by Gasteiger charge is 2.34. The van der Waals surface area contributed by atoms with Crippen molar-refractivity contribution < 1.29 is 14.2 Å². The average molecular weight is 385 g/mol. The summed E-state index contributed by atoms with van der Waals surface area (Å²) in [6, 6.07) is 6.11. The minimum absolute atomic E-state index is 0.0650. The van der Waals surface area contributed by atoms with Crippen molar-refractivity contribution in [1.29, 1.82) is 0 Å². The molecule has 1 aliphatic heterocycles. The molecule has 1 aliphatic rings. The van der Waals surface area contributed by atoms with Crippen molar-refractivity contribution in [3.8, 4) is 17.3 Å². The third kappa shape index (κ3) is 2.97. The van der Waals surface area contributed by atoms with Gasteiger partial charge in [0.1, 0.15) is 23.1 Å². The summed E-state index contributed by atoms with van der Waals surface area (Å²) in [7, 11) is 1.73. The van der Waals surface area contributed by atoms with Gasteiger partial charge in [0.15, 0.2) is 11.5 Å². The van der Waals surface area contributed by atoms with E-state index in [9.17, 15) is 14.3 Å². The standard InChI is InChI=1S/C19H20FN5O3/c1-19(2)18-21-14(15(26)17(27)25(18)8-9-28-19)16-23-22-13(24(16)3)10-11-4-6-12(20)7-5-11/h4-7,26H,8-10H2,1-3H3. The van der Waals surface area contributed by atoms with E-state index in [0.717, 1.165) is 5.56 Å². The van der Waals surface area contributed by atoms with E-state index in [-0.39, 0.29) is 17.3 Å². The Morgan fingerprint density at radius 3 is 2.68 bits per heavy atom. The number of aromatic hydroxyl groups is 1. The Morgan fingerprint density at radius 2 is 1.96 bits per heavy atom. The van der Waals surface area contributed by atoms with Crippen LogP contribution in [0.2, 0.25) is 0 Å². The van der Waals surface area contributed by atoms with Crippen LogP contribution in [0.15, 0.2) is 29.1 Å². The van der Waals surface area contributed by atoms with Crippen LogP contribution in [0.1, 0.15) is 31.1 Å². The zero-order valence-electron chi connectivity index (χ0n) is 15.8. The van der Waals surface area contributed by atoms with Crippen LogP contribution in [0.3, 0.4) is 0 Å². The van der Waals surface area contributed by atoms with Crippen molar-refractivity contribution in [3.63, 3.8) is 0 Å². The van der Waals surface area contributed by atoms with E-state index in [4.69, 9.17) is 4.74 Å². The molecule has 0 unspecified atom stereocenters. The Morgan fingerprint density at radius 1 is 1.25 bits per heavy atom. The molecule has 0 spiro atoms. The topological polar surface area (TPSA) is 95.1 Å². The molecule has 2 aromatic heterocycles. The summed E-state index contributed by atoms with van der Waals surface area (Å²) in [5.74, 6) is 0.522. The van der Waals surface area contributed by atoms with E-state index in [1.807, 2.05) is 13.8 Å². The van der Waals surface area contributed by atoms with E-state index in [2.05, 4.69) is 15.2 Å². The fourth-order valence-electron chi connectivity index (χ4n) is 3.33. The van der Waals surface area contributed by atoms with Crippen LogP contribution in [-0.2, 0) is 30.4 Å². The Balaban J connectivity index is 1.78. The minimum atomic E-state index is -0.768. The smallest absolute Gasteiger partial charge is 0.296 e. The van der Waals surface area contributed by atoms with Gasteiger partial charge in [-0.15, -0.1) is 10.2 Å². The monoisotopic (exact) mass is 385 g/mol. The zero-order chi connectivity index (χ0) is 20.1. The van der Waals surface area contributed by atoms with Crippen molar-refractivity contribution in [1.82, 2.24) is 24.3 Å². The van der Waals surface area contributed by atoms with E-state index in [1.165, 1.54) is 16.7 Å². The Labute approximate surface area is 160 Å². The quantitative estimate of drug-likeness (QED) is 0.738. The summed E-state index contributed by atoms with van der Waals surface area (Å²) in [6.45, 7) is 4.34. The molecule has 0 fully saturated rings. The number of rotatable bonds is 3. The van der Waals surface area contributed by atoms with Gasteiger partial charge in [-0.25, -0.2) is 9.37 Å². The molecule has 4 rings (SSSR count). The van der Waals surface area contributed by atoms with Gasteiger partial charge < -0.3 is 14.4 Å². The molecule has 146 valence electrons. The molecule has 0 saturated carbocycles. The first-order chi connectivity index (χ1) is 13.3. The number of hydrogen-bond donors (Lipinski definition) is 1. The van der Waals surface area contributed by atoms with Gasteiger partial charge in [0, 0.05) is 13.5 Å². The first-order valence-corrected chi connectivity index (χ1v) is 8.89. The van der Waals surface area contributed by atoms with Crippen molar-refractivity contribution in [2.45, 2.75) is 32.4 Å². The second-order valence-electron chi connectivity index (χ2n) is 7.25. The molecular formula is C19H20FN5O3. The molecule has 0 amide bonds. The Bertz CT molecular complexity index is 1100. The zero-order valence-corrected chi connectivity index (χ0v) is 15.8. The predicted octanol–water partition coefficient (Wildman–Crippen LogP) is 1.74. The highest BCUT2D eigenvalue weighted by Crippen LogP contribution is 2.30. The van der Waals surface area contributed by atoms with E-state index in [1.54, 1.807) is 23.7 Å². The van der Waals surface area contributed by atoms with Crippen LogP contribution in [0.4, 0.5) is 4.39 Å². The molecule has 8 nitrogen and oxygen atoms in total. The summed E-state index contributed by atoms with van der Waals surface area (Å²) in [5.41, 5.74) is -0.370. The van der Waals surface area contributed by atoms with E-state index >= 15 is 0 Å². The van der Waals surface area contributed by atoms with Crippen LogP contribution < -0.4 is 5.56 Å². The van der Waals surface area contributed by atoms with Crippen LogP contribution in [0, 0.1) is 5.82 Å². The van der Waals surface area contributed by atoms with Crippen molar-refractivity contribution in [2.75, 3.05) is 6.61 Å². The fourth-order valence-corrected chi connectivity index (χ4v) is 3.33. The highest BCUT2D eigenvalue weighted by molar-refractivity contribution is 5.58. The summed E-state index contributed by atoms with van der Waals surface area (Å²) in [5, 5.41) is 18.8. The second-order valence-corrected chi connectivity index (χ2v) is 7.25. The summed E-state index contributed by atoms with van der Waals surface area (Å²) in [6.07, 6.45) is 0.420. The first kappa shape index (κ1) is 18.3. The van der Waals surface area contributed by atoms with Crippen molar-refractivity contribution in [2.24, 2.45) is 7.05 Å². The van der Waals surface area contributed by atoms with Crippen LogP contribution in [-0.4, -0.2) is 36.0 Å². The van der Waals surface area contributed by atoms with Gasteiger partial charge in [0.25, 0.3) is 5.56 Å². The molecule has 0 aliphatic carbocycles. The lowest BCUT2D eigenvalue weighted by Crippen LogP contribution is -2.41. The molecule has 1 aromatic carbocycles. The SMILES string of the molecule is Cn1c(Cc2ccc(F)cc2)nnc1-c1nc2n(c(=O)c1O)CCOC2(C)C. The number of benzene rings is 1. The second kappa shape index (κ2) is 6.52. The Kier molecular flexibility index (Phi) is 4.26. The number of fused-ring (bicyclic) bond motifs is 1. The first-order valence-electron chi connectivity index (χ1n) is 8.89. The van der Waals surface area contributed by atoms with Gasteiger partial charge in [-0.1, -0.05) is 12.1 Å². The lowest BCUT2D eigenvalue weighted by Gasteiger charge is -2.32. The molecule has 9 heteroatoms. The lowest BCUT2D eigenvalue weighted by molar-refractivity contribution is -0.0564. The minimum Gasteiger partial charge on any atom is -0.501 e. The van der Waals surface area contributed by atoms with Crippen LogP contribution >= 0.6 is 0 Å². The highest BCUT2D eigenvalue weighted by atomic mass is 19.1. The van der Waals surface area contributed by atoms with Crippen LogP contribution in [0.5, 0.6) is 5.75 Å². The molecule has 0 radical (unpaired) electrons. The lowest BCUT2D eigenvalue weighted by atomic mass is 10.1. The fraction of sp³-hybridized carbons (Fsp3) is 0.368. The number of aromatic nitrogens is 5. The third-order valence-corrected chi connectivity index (χ3v) is 4.91. The van der Waals surface area contributed by atoms with Crippen LogP contribution in [0.25, 0.3) is 11.5 Å². The molecule has 3 heterocycles. The summed E-state index contributed by atoms with van der Waals surface area (Å²) in [4.78, 5) is 17.2. The van der Waals surface area contributed by atoms with Gasteiger partial charge in [-0.2, -0.15) is 0 Å². The largest absolute Gasteiger partial charge is 0.501 e. The van der Waals surface area contributed by atoms with Gasteiger partial charge >= 0.3 is 0 Å². The van der Waals surface area contributed by atoms with Crippen molar-refractivity contribution >= 4 is 0 Å². The maximum absolute atomic E-state index is 13.1. The van der Waals surface area contributed by atoms with Gasteiger partial charge in [-0.3, -0.25) is 9.36 Å². The molecule has 1 N–H and O–H groups in total. The predicted molar refractivity (Wildman–Crippen MR) is 98.3 cm³/mol. The molecule has 0 bridgehead atoms. The maximum Gasteiger partial charge on any atom is 0.296 e. The number of ether oxygens (including phenoxy) is 1. The van der Waals surface area contributed by atoms with E-state index in [0.29, 0.717) is 31.2 Å². The molecule has 28 heavy (non-hydrogen) atoms. The summed E-state index contributed by atoms with van der Waals surface area (Å²) < 4.78 is 21.9.